The summed E-state index contributed by atoms with van der Waals surface area (Å²) >= 11 is 0. The van der Waals surface area contributed by atoms with Gasteiger partial charge in [0.05, 0.1) is 17.0 Å². The summed E-state index contributed by atoms with van der Waals surface area (Å²) in [5.74, 6) is -1.63. The molecule has 0 amide bonds. The molecule has 224 valence electrons. The fourth-order valence-electron chi connectivity index (χ4n) is 5.44. The van der Waals surface area contributed by atoms with Gasteiger partial charge >= 0.3 is 11.9 Å². The third-order valence-corrected chi connectivity index (χ3v) is 9.22. The molecular weight excluding hydrogens is 590 g/mol. The van der Waals surface area contributed by atoms with Crippen LogP contribution in [0.25, 0.3) is 32.7 Å². The van der Waals surface area contributed by atoms with Crippen molar-refractivity contribution in [3.8, 4) is 22.6 Å². The molecule has 0 spiro atoms. The number of ether oxygens (including phenoxy) is 1. The van der Waals surface area contributed by atoms with E-state index in [0.29, 0.717) is 33.4 Å². The number of hydrogen-bond acceptors (Lipinski definition) is 5. The number of aliphatic carboxylic acids is 2. The number of para-hydroxylation sites is 1. The Kier molecular flexibility index (Phi) is 7.93. The molecule has 0 saturated carbocycles. The van der Waals surface area contributed by atoms with Crippen molar-refractivity contribution in [2.75, 3.05) is 10.8 Å². The SMILES string of the molecule is O=C(O)Cc1ccccc1Oc1ccc(N(CC(=O)O)S(=O)(=O)c2cccc(-c3cccc4ccccc34)c2)c2ccccc12. The van der Waals surface area contributed by atoms with Gasteiger partial charge in [-0.2, -0.15) is 0 Å². The van der Waals surface area contributed by atoms with Crippen LogP contribution in [0.3, 0.4) is 0 Å². The fraction of sp³-hybridized carbons (Fsp3) is 0.0556. The van der Waals surface area contributed by atoms with E-state index in [2.05, 4.69) is 0 Å². The normalized spacial score (nSPS) is 11.4. The van der Waals surface area contributed by atoms with Crippen LogP contribution in [0, 0.1) is 0 Å². The molecule has 6 aromatic rings. The first-order valence-electron chi connectivity index (χ1n) is 14.0. The molecule has 0 aromatic heterocycles. The first-order valence-corrected chi connectivity index (χ1v) is 15.5. The largest absolute Gasteiger partial charge is 0.481 e. The number of carboxylic acids is 2. The van der Waals surface area contributed by atoms with Crippen LogP contribution < -0.4 is 9.04 Å². The van der Waals surface area contributed by atoms with Gasteiger partial charge in [0.15, 0.2) is 0 Å². The van der Waals surface area contributed by atoms with Gasteiger partial charge in [0.1, 0.15) is 18.0 Å². The van der Waals surface area contributed by atoms with E-state index in [9.17, 15) is 28.2 Å². The highest BCUT2D eigenvalue weighted by atomic mass is 32.2. The maximum absolute atomic E-state index is 14.3. The molecule has 0 aliphatic heterocycles. The van der Waals surface area contributed by atoms with Gasteiger partial charge in [-0.25, -0.2) is 8.42 Å². The molecule has 45 heavy (non-hydrogen) atoms. The van der Waals surface area contributed by atoms with Crippen molar-refractivity contribution in [1.82, 2.24) is 0 Å². The van der Waals surface area contributed by atoms with E-state index in [1.165, 1.54) is 12.1 Å². The Morgan fingerprint density at radius 3 is 2.09 bits per heavy atom. The molecular formula is C36H27NO7S. The summed E-state index contributed by atoms with van der Waals surface area (Å²) < 4.78 is 35.6. The average Bonchev–Trinajstić information content (AvgIpc) is 3.04. The number of sulfonamides is 1. The maximum Gasteiger partial charge on any atom is 0.324 e. The molecule has 0 heterocycles. The van der Waals surface area contributed by atoms with E-state index >= 15 is 0 Å². The van der Waals surface area contributed by atoms with E-state index < -0.39 is 28.5 Å². The second-order valence-electron chi connectivity index (χ2n) is 10.4. The number of rotatable bonds is 10. The van der Waals surface area contributed by atoms with Crippen molar-refractivity contribution in [1.29, 1.82) is 0 Å². The molecule has 0 atom stereocenters. The molecule has 0 bridgehead atoms. The first kappa shape index (κ1) is 29.4. The van der Waals surface area contributed by atoms with Crippen LogP contribution in [-0.4, -0.2) is 37.1 Å². The van der Waals surface area contributed by atoms with Crippen molar-refractivity contribution in [3.63, 3.8) is 0 Å². The van der Waals surface area contributed by atoms with E-state index in [1.807, 2.05) is 48.5 Å². The maximum atomic E-state index is 14.3. The van der Waals surface area contributed by atoms with Gasteiger partial charge in [-0.3, -0.25) is 13.9 Å². The lowest BCUT2D eigenvalue weighted by Crippen LogP contribution is -2.36. The highest BCUT2D eigenvalue weighted by Crippen LogP contribution is 2.39. The van der Waals surface area contributed by atoms with E-state index in [-0.39, 0.29) is 17.0 Å². The highest BCUT2D eigenvalue weighted by molar-refractivity contribution is 7.92. The predicted molar refractivity (Wildman–Crippen MR) is 173 cm³/mol. The van der Waals surface area contributed by atoms with E-state index in [0.717, 1.165) is 20.6 Å². The quantitative estimate of drug-likeness (QED) is 0.165. The van der Waals surface area contributed by atoms with Crippen LogP contribution in [0.4, 0.5) is 5.69 Å². The summed E-state index contributed by atoms with van der Waals surface area (Å²) in [4.78, 5) is 23.4. The molecule has 6 rings (SSSR count). The minimum atomic E-state index is -4.37. The molecule has 9 heteroatoms. The number of carbonyl (C=O) groups is 2. The molecule has 0 saturated heterocycles. The molecule has 6 aromatic carbocycles. The molecule has 8 nitrogen and oxygen atoms in total. The van der Waals surface area contributed by atoms with Crippen LogP contribution in [0.5, 0.6) is 11.5 Å². The van der Waals surface area contributed by atoms with Crippen molar-refractivity contribution < 1.29 is 33.0 Å². The van der Waals surface area contributed by atoms with Gasteiger partial charge in [-0.15, -0.1) is 0 Å². The molecule has 0 unspecified atom stereocenters. The zero-order chi connectivity index (χ0) is 31.6. The number of hydrogen-bond donors (Lipinski definition) is 2. The molecule has 0 aliphatic carbocycles. The molecule has 0 fully saturated rings. The molecule has 0 aliphatic rings. The predicted octanol–water partition coefficient (Wildman–Crippen LogP) is 7.36. The topological polar surface area (TPSA) is 121 Å². The number of benzene rings is 6. The zero-order valence-electron chi connectivity index (χ0n) is 23.8. The third-order valence-electron chi connectivity index (χ3n) is 7.47. The van der Waals surface area contributed by atoms with Gasteiger partial charge in [-0.1, -0.05) is 97.1 Å². The summed E-state index contributed by atoms with van der Waals surface area (Å²) in [6, 6.07) is 36.9. The Morgan fingerprint density at radius 2 is 1.31 bits per heavy atom. The number of anilines is 1. The fourth-order valence-corrected chi connectivity index (χ4v) is 6.92. The summed E-state index contributed by atoms with van der Waals surface area (Å²) in [5, 5.41) is 22.1. The van der Waals surface area contributed by atoms with Gasteiger partial charge < -0.3 is 14.9 Å². The molecule has 0 radical (unpaired) electrons. The van der Waals surface area contributed by atoms with Gasteiger partial charge in [0.25, 0.3) is 10.0 Å². The van der Waals surface area contributed by atoms with Crippen molar-refractivity contribution in [3.05, 3.63) is 133 Å². The van der Waals surface area contributed by atoms with Gasteiger partial charge in [0.2, 0.25) is 0 Å². The van der Waals surface area contributed by atoms with Crippen molar-refractivity contribution in [2.45, 2.75) is 11.3 Å². The Morgan fingerprint density at radius 1 is 0.644 bits per heavy atom. The van der Waals surface area contributed by atoms with E-state index in [1.54, 1.807) is 66.7 Å². The monoisotopic (exact) mass is 617 g/mol. The first-order chi connectivity index (χ1) is 21.7. The minimum Gasteiger partial charge on any atom is -0.481 e. The lowest BCUT2D eigenvalue weighted by Gasteiger charge is -2.25. The van der Waals surface area contributed by atoms with Crippen LogP contribution in [-0.2, 0) is 26.0 Å². The number of carboxylic acid groups (broad SMARTS) is 2. The van der Waals surface area contributed by atoms with Crippen molar-refractivity contribution in [2.24, 2.45) is 0 Å². The highest BCUT2D eigenvalue weighted by Gasteiger charge is 2.29. The second-order valence-corrected chi connectivity index (χ2v) is 12.2. The second kappa shape index (κ2) is 12.1. The number of fused-ring (bicyclic) bond motifs is 2. The summed E-state index contributed by atoms with van der Waals surface area (Å²) in [5.41, 5.74) is 2.16. The van der Waals surface area contributed by atoms with Crippen LogP contribution >= 0.6 is 0 Å². The van der Waals surface area contributed by atoms with Gasteiger partial charge in [0, 0.05) is 16.3 Å². The number of nitrogens with zero attached hydrogens (tertiary/aromatic N) is 1. The smallest absolute Gasteiger partial charge is 0.324 e. The van der Waals surface area contributed by atoms with Crippen molar-refractivity contribution >= 4 is 49.2 Å². The Balaban J connectivity index is 1.45. The lowest BCUT2D eigenvalue weighted by atomic mass is 9.98. The van der Waals surface area contributed by atoms with Gasteiger partial charge in [-0.05, 0) is 52.2 Å². The average molecular weight is 618 g/mol. The van der Waals surface area contributed by atoms with Crippen LogP contribution in [0.1, 0.15) is 5.56 Å². The summed E-state index contributed by atoms with van der Waals surface area (Å²) in [7, 11) is -4.37. The third kappa shape index (κ3) is 5.93. The summed E-state index contributed by atoms with van der Waals surface area (Å²) in [6.45, 7) is -0.813. The molecule has 2 N–H and O–H groups in total. The Bertz CT molecular complexity index is 2190. The van der Waals surface area contributed by atoms with E-state index in [4.69, 9.17) is 4.74 Å². The standard InChI is InChI=1S/C36H27NO7S/c38-35(39)22-26-10-2-6-18-33(26)44-34-20-19-32(30-15-4-5-16-31(30)34)37(23-36(40)41)45(42,43)27-13-7-12-25(21-27)29-17-8-11-24-9-1-3-14-28(24)29/h1-21H,22-23H2,(H,38,39)(H,40,41). The van der Waals surface area contributed by atoms with Crippen LogP contribution in [0.15, 0.2) is 132 Å². The lowest BCUT2D eigenvalue weighted by molar-refractivity contribution is -0.136. The Labute approximate surface area is 259 Å². The minimum absolute atomic E-state index is 0.0545. The van der Waals surface area contributed by atoms with Crippen LogP contribution in [0.2, 0.25) is 0 Å². The Hall–Kier alpha value is -5.67. The zero-order valence-corrected chi connectivity index (χ0v) is 24.6. The summed E-state index contributed by atoms with van der Waals surface area (Å²) in [6.07, 6.45) is -0.241.